The Kier molecular flexibility index (Phi) is 4.58. The van der Waals surface area contributed by atoms with Crippen LogP contribution >= 0.6 is 0 Å². The van der Waals surface area contributed by atoms with Gasteiger partial charge in [0.25, 0.3) is 5.69 Å². The van der Waals surface area contributed by atoms with Crippen LogP contribution in [0.15, 0.2) is 24.4 Å². The van der Waals surface area contributed by atoms with Crippen molar-refractivity contribution in [1.82, 2.24) is 20.0 Å². The van der Waals surface area contributed by atoms with E-state index in [1.807, 2.05) is 0 Å². The zero-order chi connectivity index (χ0) is 18.1. The number of hydrogen-bond acceptors (Lipinski definition) is 5. The highest BCUT2D eigenvalue weighted by atomic mass is 16.6. The molecule has 1 saturated carbocycles. The molecule has 2 fully saturated rings. The Morgan fingerprint density at radius 2 is 2.19 bits per heavy atom. The number of fused-ring (bicyclic) bond motifs is 1. The maximum atomic E-state index is 12.4. The fourth-order valence-electron chi connectivity index (χ4n) is 3.58. The number of likely N-dealkylation sites (tertiary alicyclic amines) is 1. The first-order valence-electron chi connectivity index (χ1n) is 9.20. The van der Waals surface area contributed by atoms with Crippen LogP contribution in [0.5, 0.6) is 0 Å². The first-order chi connectivity index (χ1) is 12.6. The maximum Gasteiger partial charge on any atom is 0.271 e. The largest absolute Gasteiger partial charge is 0.356 e. The second-order valence-corrected chi connectivity index (χ2v) is 7.39. The van der Waals surface area contributed by atoms with Crippen molar-refractivity contribution in [2.45, 2.75) is 32.4 Å². The minimum absolute atomic E-state index is 0.0127. The van der Waals surface area contributed by atoms with E-state index < -0.39 is 4.92 Å². The molecular weight excluding hydrogens is 334 g/mol. The summed E-state index contributed by atoms with van der Waals surface area (Å²) in [6.07, 6.45) is 6.08. The fourth-order valence-corrected chi connectivity index (χ4v) is 3.58. The molecule has 1 aromatic carbocycles. The van der Waals surface area contributed by atoms with Crippen LogP contribution in [0.25, 0.3) is 10.9 Å². The van der Waals surface area contributed by atoms with Crippen molar-refractivity contribution in [2.24, 2.45) is 11.8 Å². The molecule has 26 heavy (non-hydrogen) atoms. The van der Waals surface area contributed by atoms with Gasteiger partial charge < -0.3 is 5.32 Å². The van der Waals surface area contributed by atoms with Gasteiger partial charge in [-0.15, -0.1) is 0 Å². The third kappa shape index (κ3) is 3.70. The van der Waals surface area contributed by atoms with Crippen LogP contribution in [0, 0.1) is 22.0 Å². The zero-order valence-corrected chi connectivity index (χ0v) is 14.6. The summed E-state index contributed by atoms with van der Waals surface area (Å²) in [6.45, 7) is 2.95. The zero-order valence-electron chi connectivity index (χ0n) is 14.6. The Morgan fingerprint density at radius 1 is 1.35 bits per heavy atom. The third-order valence-electron chi connectivity index (χ3n) is 5.31. The topological polar surface area (TPSA) is 93.3 Å². The number of nitro groups is 1. The second-order valence-electron chi connectivity index (χ2n) is 7.39. The highest BCUT2D eigenvalue weighted by Gasteiger charge is 2.28. The number of carbonyl (C=O) groups excluding carboxylic acids is 1. The molecular formula is C18H23N5O3. The van der Waals surface area contributed by atoms with Crippen molar-refractivity contribution in [3.05, 3.63) is 34.5 Å². The Morgan fingerprint density at radius 3 is 2.96 bits per heavy atom. The lowest BCUT2D eigenvalue weighted by Gasteiger charge is -2.31. The molecule has 138 valence electrons. The average molecular weight is 357 g/mol. The van der Waals surface area contributed by atoms with Gasteiger partial charge in [0.1, 0.15) is 0 Å². The van der Waals surface area contributed by atoms with E-state index in [-0.39, 0.29) is 17.5 Å². The van der Waals surface area contributed by atoms with Crippen LogP contribution in [-0.4, -0.2) is 45.1 Å². The number of nitrogens with zero attached hydrogens (tertiary/aromatic N) is 4. The van der Waals surface area contributed by atoms with Crippen LogP contribution in [0.3, 0.4) is 0 Å². The maximum absolute atomic E-state index is 12.4. The summed E-state index contributed by atoms with van der Waals surface area (Å²) in [6, 6.07) is 4.78. The van der Waals surface area contributed by atoms with Crippen molar-refractivity contribution in [2.75, 3.05) is 19.6 Å². The predicted molar refractivity (Wildman–Crippen MR) is 96.4 cm³/mol. The first-order valence-corrected chi connectivity index (χ1v) is 9.20. The molecule has 2 aliphatic rings. The molecule has 8 nitrogen and oxygen atoms in total. The van der Waals surface area contributed by atoms with Gasteiger partial charge in [0.15, 0.2) is 0 Å². The molecule has 0 radical (unpaired) electrons. The second kappa shape index (κ2) is 7.03. The monoisotopic (exact) mass is 357 g/mol. The van der Waals surface area contributed by atoms with Gasteiger partial charge >= 0.3 is 0 Å². The van der Waals surface area contributed by atoms with Crippen LogP contribution in [-0.2, 0) is 11.5 Å². The number of non-ortho nitro benzene ring substituents is 1. The van der Waals surface area contributed by atoms with E-state index in [4.69, 9.17) is 0 Å². The lowest BCUT2D eigenvalue weighted by Crippen LogP contribution is -2.44. The standard InChI is InChI=1S/C18H23N5O3/c24-18(19-9-13-3-4-13)15-2-1-7-21(11-15)12-22-17-8-16(23(25)26)6-5-14(17)10-20-22/h5-6,8,10,13,15H,1-4,7,9,11-12H2,(H,19,24)/t15-/m1/s1. The Hall–Kier alpha value is -2.48. The van der Waals surface area contributed by atoms with Gasteiger partial charge in [-0.3, -0.25) is 24.5 Å². The molecule has 1 aliphatic carbocycles. The molecule has 2 aromatic rings. The van der Waals surface area contributed by atoms with E-state index in [9.17, 15) is 14.9 Å². The summed E-state index contributed by atoms with van der Waals surface area (Å²) < 4.78 is 1.78. The number of nitrogens with one attached hydrogen (secondary N) is 1. The summed E-state index contributed by atoms with van der Waals surface area (Å²) in [7, 11) is 0. The van der Waals surface area contributed by atoms with Crippen LogP contribution in [0.2, 0.25) is 0 Å². The number of piperidine rings is 1. The summed E-state index contributed by atoms with van der Waals surface area (Å²) in [5.41, 5.74) is 0.815. The van der Waals surface area contributed by atoms with E-state index in [1.165, 1.54) is 18.9 Å². The van der Waals surface area contributed by atoms with Crippen LogP contribution in [0.1, 0.15) is 25.7 Å². The van der Waals surface area contributed by atoms with Gasteiger partial charge in [0.05, 0.1) is 29.2 Å². The third-order valence-corrected chi connectivity index (χ3v) is 5.31. The molecule has 1 N–H and O–H groups in total. The molecule has 0 bridgehead atoms. The molecule has 4 rings (SSSR count). The number of benzene rings is 1. The van der Waals surface area contributed by atoms with Crippen LogP contribution < -0.4 is 5.32 Å². The van der Waals surface area contributed by atoms with E-state index in [1.54, 1.807) is 23.0 Å². The molecule has 0 spiro atoms. The van der Waals surface area contributed by atoms with Gasteiger partial charge in [-0.25, -0.2) is 0 Å². The highest BCUT2D eigenvalue weighted by molar-refractivity contribution is 5.81. The fraction of sp³-hybridized carbons (Fsp3) is 0.556. The van der Waals surface area contributed by atoms with E-state index in [2.05, 4.69) is 15.3 Å². The van der Waals surface area contributed by atoms with Crippen molar-refractivity contribution in [3.63, 3.8) is 0 Å². The van der Waals surface area contributed by atoms with Crippen molar-refractivity contribution < 1.29 is 9.72 Å². The first kappa shape index (κ1) is 17.0. The van der Waals surface area contributed by atoms with Gasteiger partial charge in [0.2, 0.25) is 5.91 Å². The average Bonchev–Trinajstić information content (AvgIpc) is 3.40. The van der Waals surface area contributed by atoms with Gasteiger partial charge in [-0.05, 0) is 44.2 Å². The lowest BCUT2D eigenvalue weighted by molar-refractivity contribution is -0.384. The highest BCUT2D eigenvalue weighted by Crippen LogP contribution is 2.28. The van der Waals surface area contributed by atoms with E-state index in [0.29, 0.717) is 19.1 Å². The van der Waals surface area contributed by atoms with Gasteiger partial charge in [0, 0.05) is 30.6 Å². The molecule has 8 heteroatoms. The quantitative estimate of drug-likeness (QED) is 0.631. The SMILES string of the molecule is O=C(NCC1CC1)[C@@H]1CCCN(Cn2ncc3ccc([N+](=O)[O-])cc32)C1. The van der Waals surface area contributed by atoms with Crippen molar-refractivity contribution in [3.8, 4) is 0 Å². The number of hydrogen-bond donors (Lipinski definition) is 1. The molecule has 1 amide bonds. The smallest absolute Gasteiger partial charge is 0.271 e. The predicted octanol–water partition coefficient (Wildman–Crippen LogP) is 2.14. The number of rotatable bonds is 6. The number of aromatic nitrogens is 2. The number of amides is 1. The summed E-state index contributed by atoms with van der Waals surface area (Å²) in [5, 5.41) is 19.4. The molecule has 1 atom stereocenters. The lowest BCUT2D eigenvalue weighted by atomic mass is 9.97. The summed E-state index contributed by atoms with van der Waals surface area (Å²) >= 11 is 0. The minimum Gasteiger partial charge on any atom is -0.356 e. The molecule has 1 aromatic heterocycles. The minimum atomic E-state index is -0.391. The van der Waals surface area contributed by atoms with Gasteiger partial charge in [-0.1, -0.05) is 0 Å². The number of nitro benzene ring substituents is 1. The van der Waals surface area contributed by atoms with Gasteiger partial charge in [-0.2, -0.15) is 5.10 Å². The van der Waals surface area contributed by atoms with Crippen LogP contribution in [0.4, 0.5) is 5.69 Å². The Balaban J connectivity index is 1.42. The van der Waals surface area contributed by atoms with E-state index in [0.717, 1.165) is 36.8 Å². The van der Waals surface area contributed by atoms with Crippen molar-refractivity contribution in [1.29, 1.82) is 0 Å². The summed E-state index contributed by atoms with van der Waals surface area (Å²) in [4.78, 5) is 25.2. The molecule has 1 saturated heterocycles. The molecule has 0 unspecified atom stereocenters. The van der Waals surface area contributed by atoms with E-state index >= 15 is 0 Å². The summed E-state index contributed by atoms with van der Waals surface area (Å²) in [5.74, 6) is 0.853. The Bertz CT molecular complexity index is 829. The molecule has 1 aliphatic heterocycles. The normalized spacial score (nSPS) is 21.0. The number of carbonyl (C=O) groups is 1. The molecule has 2 heterocycles. The Labute approximate surface area is 151 Å². The van der Waals surface area contributed by atoms with Crippen molar-refractivity contribution >= 4 is 22.5 Å².